The van der Waals surface area contributed by atoms with Crippen LogP contribution in [-0.2, 0) is 6.42 Å². The smallest absolute Gasteiger partial charge is 0.0468 e. The van der Waals surface area contributed by atoms with Crippen LogP contribution in [0.15, 0.2) is 28.9 Å². The molecule has 2 nitrogen and oxygen atoms in total. The Hall–Kier alpha value is -0.800. The minimum absolute atomic E-state index is 0.144. The van der Waals surface area contributed by atoms with Crippen molar-refractivity contribution in [2.24, 2.45) is 5.73 Å². The lowest BCUT2D eigenvalue weighted by molar-refractivity contribution is 0.610. The van der Waals surface area contributed by atoms with Crippen LogP contribution in [0.4, 0.5) is 0 Å². The molecular formula is C13H15BrN2. The number of aryl methyl sites for hydroxylation is 1. The summed E-state index contributed by atoms with van der Waals surface area (Å²) in [4.78, 5) is 3.31. The standard InChI is InChI=1S/C13H15BrN2/c14-10-2-1-3-11-12(10)9(8-16-11)4-5-13(15)6-7-13/h1-3,8,16H,4-7,15H2. The maximum atomic E-state index is 6.12. The van der Waals surface area contributed by atoms with Gasteiger partial charge in [0.15, 0.2) is 0 Å². The number of H-pyrrole nitrogens is 1. The van der Waals surface area contributed by atoms with E-state index in [4.69, 9.17) is 5.73 Å². The minimum Gasteiger partial charge on any atom is -0.361 e. The molecule has 1 aliphatic carbocycles. The third-order valence-electron chi connectivity index (χ3n) is 3.52. The number of rotatable bonds is 3. The number of nitrogens with one attached hydrogen (secondary N) is 1. The van der Waals surface area contributed by atoms with Crippen molar-refractivity contribution in [2.75, 3.05) is 0 Å². The predicted molar refractivity (Wildman–Crippen MR) is 70.5 cm³/mol. The topological polar surface area (TPSA) is 41.8 Å². The Morgan fingerprint density at radius 1 is 1.38 bits per heavy atom. The van der Waals surface area contributed by atoms with Crippen LogP contribution in [0, 0.1) is 0 Å². The van der Waals surface area contributed by atoms with E-state index in [9.17, 15) is 0 Å². The van der Waals surface area contributed by atoms with Crippen LogP contribution in [-0.4, -0.2) is 10.5 Å². The zero-order chi connectivity index (χ0) is 11.2. The Morgan fingerprint density at radius 3 is 2.94 bits per heavy atom. The molecule has 0 saturated heterocycles. The van der Waals surface area contributed by atoms with E-state index >= 15 is 0 Å². The largest absolute Gasteiger partial charge is 0.361 e. The fourth-order valence-corrected chi connectivity index (χ4v) is 2.82. The van der Waals surface area contributed by atoms with E-state index in [-0.39, 0.29) is 5.54 Å². The molecule has 0 aliphatic heterocycles. The van der Waals surface area contributed by atoms with Gasteiger partial charge in [-0.3, -0.25) is 0 Å². The first-order valence-corrected chi connectivity index (χ1v) is 6.51. The monoisotopic (exact) mass is 278 g/mol. The second kappa shape index (κ2) is 3.60. The SMILES string of the molecule is NC1(CCc2c[nH]c3cccc(Br)c23)CC1. The summed E-state index contributed by atoms with van der Waals surface area (Å²) in [6, 6.07) is 6.26. The Balaban J connectivity index is 1.91. The molecule has 0 amide bonds. The van der Waals surface area contributed by atoms with E-state index in [0.717, 1.165) is 12.8 Å². The lowest BCUT2D eigenvalue weighted by Gasteiger charge is -2.07. The van der Waals surface area contributed by atoms with Crippen molar-refractivity contribution in [1.82, 2.24) is 4.98 Å². The summed E-state index contributed by atoms with van der Waals surface area (Å²) in [6.45, 7) is 0. The van der Waals surface area contributed by atoms with Gasteiger partial charge in [-0.1, -0.05) is 22.0 Å². The number of hydrogen-bond acceptors (Lipinski definition) is 1. The molecule has 1 heterocycles. The van der Waals surface area contributed by atoms with Gasteiger partial charge in [0.1, 0.15) is 0 Å². The number of halogens is 1. The molecule has 0 bridgehead atoms. The van der Waals surface area contributed by atoms with Crippen LogP contribution in [0.2, 0.25) is 0 Å². The molecule has 84 valence electrons. The molecule has 1 aliphatic rings. The van der Waals surface area contributed by atoms with Gasteiger partial charge >= 0.3 is 0 Å². The van der Waals surface area contributed by atoms with Gasteiger partial charge in [0.2, 0.25) is 0 Å². The average molecular weight is 279 g/mol. The molecule has 1 aromatic heterocycles. The van der Waals surface area contributed by atoms with Crippen LogP contribution < -0.4 is 5.73 Å². The normalized spacial score (nSPS) is 17.9. The molecule has 3 heteroatoms. The highest BCUT2D eigenvalue weighted by atomic mass is 79.9. The second-order valence-electron chi connectivity index (χ2n) is 4.84. The summed E-state index contributed by atoms with van der Waals surface area (Å²) >= 11 is 3.61. The summed E-state index contributed by atoms with van der Waals surface area (Å²) in [5.41, 5.74) is 8.84. The molecule has 1 fully saturated rings. The predicted octanol–water partition coefficient (Wildman–Crippen LogP) is 3.35. The van der Waals surface area contributed by atoms with Crippen LogP contribution in [0.1, 0.15) is 24.8 Å². The number of fused-ring (bicyclic) bond motifs is 1. The van der Waals surface area contributed by atoms with E-state index in [1.807, 2.05) is 0 Å². The summed E-state index contributed by atoms with van der Waals surface area (Å²) < 4.78 is 1.17. The van der Waals surface area contributed by atoms with Gasteiger partial charge in [-0.15, -0.1) is 0 Å². The van der Waals surface area contributed by atoms with Crippen LogP contribution >= 0.6 is 15.9 Å². The van der Waals surface area contributed by atoms with Crippen molar-refractivity contribution in [3.05, 3.63) is 34.4 Å². The van der Waals surface area contributed by atoms with Gasteiger partial charge in [-0.05, 0) is 43.4 Å². The van der Waals surface area contributed by atoms with Gasteiger partial charge in [-0.2, -0.15) is 0 Å². The Kier molecular flexibility index (Phi) is 2.33. The fourth-order valence-electron chi connectivity index (χ4n) is 2.20. The summed E-state index contributed by atoms with van der Waals surface area (Å²) in [5, 5.41) is 1.31. The number of benzene rings is 1. The zero-order valence-electron chi connectivity index (χ0n) is 9.09. The molecule has 3 rings (SSSR count). The van der Waals surface area contributed by atoms with E-state index in [2.05, 4.69) is 45.3 Å². The van der Waals surface area contributed by atoms with E-state index in [0.29, 0.717) is 0 Å². The Bertz CT molecular complexity index is 526. The average Bonchev–Trinajstić information content (AvgIpc) is 2.86. The fraction of sp³-hybridized carbons (Fsp3) is 0.385. The molecule has 0 atom stereocenters. The molecule has 0 radical (unpaired) electrons. The lowest BCUT2D eigenvalue weighted by Crippen LogP contribution is -2.21. The minimum atomic E-state index is 0.144. The number of aromatic amines is 1. The maximum Gasteiger partial charge on any atom is 0.0468 e. The first-order valence-electron chi connectivity index (χ1n) is 5.71. The van der Waals surface area contributed by atoms with Crippen molar-refractivity contribution in [2.45, 2.75) is 31.2 Å². The van der Waals surface area contributed by atoms with Crippen molar-refractivity contribution in [3.63, 3.8) is 0 Å². The van der Waals surface area contributed by atoms with Crippen LogP contribution in [0.3, 0.4) is 0 Å². The quantitative estimate of drug-likeness (QED) is 0.888. The molecule has 16 heavy (non-hydrogen) atoms. The van der Waals surface area contributed by atoms with Gasteiger partial charge < -0.3 is 10.7 Å². The number of nitrogens with two attached hydrogens (primary N) is 1. The molecule has 1 aromatic carbocycles. The van der Waals surface area contributed by atoms with E-state index < -0.39 is 0 Å². The van der Waals surface area contributed by atoms with Crippen molar-refractivity contribution in [3.8, 4) is 0 Å². The van der Waals surface area contributed by atoms with Gasteiger partial charge in [0.05, 0.1) is 0 Å². The van der Waals surface area contributed by atoms with E-state index in [1.165, 1.54) is 33.8 Å². The second-order valence-corrected chi connectivity index (χ2v) is 5.69. The summed E-state index contributed by atoms with van der Waals surface area (Å²) in [5.74, 6) is 0. The number of hydrogen-bond donors (Lipinski definition) is 2. The maximum absolute atomic E-state index is 6.12. The van der Waals surface area contributed by atoms with E-state index in [1.54, 1.807) is 0 Å². The molecule has 0 unspecified atom stereocenters. The third-order valence-corrected chi connectivity index (χ3v) is 4.18. The molecule has 3 N–H and O–H groups in total. The first kappa shape index (κ1) is 10.4. The molecule has 1 saturated carbocycles. The number of aromatic nitrogens is 1. The summed E-state index contributed by atoms with van der Waals surface area (Å²) in [7, 11) is 0. The first-order chi connectivity index (χ1) is 7.68. The van der Waals surface area contributed by atoms with Crippen LogP contribution in [0.25, 0.3) is 10.9 Å². The van der Waals surface area contributed by atoms with Gasteiger partial charge in [-0.25, -0.2) is 0 Å². The molecule has 2 aromatic rings. The third kappa shape index (κ3) is 1.78. The lowest BCUT2D eigenvalue weighted by atomic mass is 10.0. The van der Waals surface area contributed by atoms with Crippen LogP contribution in [0.5, 0.6) is 0 Å². The van der Waals surface area contributed by atoms with Crippen molar-refractivity contribution in [1.29, 1.82) is 0 Å². The Labute approximate surface area is 103 Å². The molecular weight excluding hydrogens is 264 g/mol. The highest BCUT2D eigenvalue weighted by Gasteiger charge is 2.37. The van der Waals surface area contributed by atoms with Gasteiger partial charge in [0, 0.05) is 27.1 Å². The highest BCUT2D eigenvalue weighted by molar-refractivity contribution is 9.10. The molecule has 0 spiro atoms. The zero-order valence-corrected chi connectivity index (χ0v) is 10.7. The van der Waals surface area contributed by atoms with Gasteiger partial charge in [0.25, 0.3) is 0 Å². The highest BCUT2D eigenvalue weighted by Crippen LogP contribution is 2.37. The Morgan fingerprint density at radius 2 is 2.19 bits per heavy atom. The van der Waals surface area contributed by atoms with Crippen molar-refractivity contribution >= 4 is 26.8 Å². The summed E-state index contributed by atoms with van der Waals surface area (Å²) in [6.07, 6.45) is 6.66. The van der Waals surface area contributed by atoms with Crippen molar-refractivity contribution < 1.29 is 0 Å².